The molecule has 0 radical (unpaired) electrons. The predicted molar refractivity (Wildman–Crippen MR) is 55.5 cm³/mol. The minimum atomic E-state index is 0.678. The fraction of sp³-hybridized carbons (Fsp3) is 1.00. The van der Waals surface area contributed by atoms with E-state index in [1.807, 2.05) is 0 Å². The minimum absolute atomic E-state index is 0.678. The van der Waals surface area contributed by atoms with E-state index in [1.165, 1.54) is 12.8 Å². The highest BCUT2D eigenvalue weighted by Gasteiger charge is 2.14. The Kier molecular flexibility index (Phi) is 5.51. The van der Waals surface area contributed by atoms with Crippen molar-refractivity contribution in [3.63, 3.8) is 0 Å². The highest BCUT2D eigenvalue weighted by Crippen LogP contribution is 2.10. The maximum atomic E-state index is 2.32. The van der Waals surface area contributed by atoms with Gasteiger partial charge in [-0.05, 0) is 48.0 Å². The van der Waals surface area contributed by atoms with E-state index >= 15 is 0 Å². The van der Waals surface area contributed by atoms with Crippen LogP contribution >= 0.6 is 0 Å². The summed E-state index contributed by atoms with van der Waals surface area (Å²) in [4.78, 5) is 4.60. The summed E-state index contributed by atoms with van der Waals surface area (Å²) in [5.41, 5.74) is 0. The van der Waals surface area contributed by atoms with E-state index in [1.54, 1.807) is 0 Å². The molecule has 0 fully saturated rings. The highest BCUT2D eigenvalue weighted by atomic mass is 15.1. The van der Waals surface area contributed by atoms with E-state index in [0.717, 1.165) is 6.04 Å². The van der Waals surface area contributed by atoms with Crippen molar-refractivity contribution < 1.29 is 0 Å². The Labute approximate surface area is 77.5 Å². The van der Waals surface area contributed by atoms with Gasteiger partial charge in [0, 0.05) is 12.1 Å². The van der Waals surface area contributed by atoms with Crippen molar-refractivity contribution in [1.29, 1.82) is 0 Å². The molecular formula is C10H24N2. The van der Waals surface area contributed by atoms with Gasteiger partial charge in [0.2, 0.25) is 0 Å². The summed E-state index contributed by atoms with van der Waals surface area (Å²) in [7, 11) is 8.62. The molecule has 12 heavy (non-hydrogen) atoms. The molecule has 0 aliphatic rings. The predicted octanol–water partition coefficient (Wildman–Crippen LogP) is 1.67. The molecule has 0 aromatic heterocycles. The zero-order valence-corrected chi connectivity index (χ0v) is 9.46. The number of hydrogen-bond acceptors (Lipinski definition) is 2. The van der Waals surface area contributed by atoms with Crippen LogP contribution in [0.4, 0.5) is 0 Å². The molecule has 0 aromatic rings. The summed E-state index contributed by atoms with van der Waals surface area (Å²) in [6, 6.07) is 1.40. The first-order chi connectivity index (χ1) is 5.49. The Hall–Kier alpha value is -0.0800. The molecule has 0 saturated carbocycles. The van der Waals surface area contributed by atoms with Crippen LogP contribution in [0.1, 0.15) is 26.7 Å². The minimum Gasteiger partial charge on any atom is -0.307 e. The zero-order valence-electron chi connectivity index (χ0n) is 9.46. The van der Waals surface area contributed by atoms with Gasteiger partial charge in [-0.15, -0.1) is 0 Å². The van der Waals surface area contributed by atoms with Crippen molar-refractivity contribution in [2.75, 3.05) is 28.2 Å². The molecule has 2 nitrogen and oxygen atoms in total. The van der Waals surface area contributed by atoms with E-state index < -0.39 is 0 Å². The topological polar surface area (TPSA) is 6.48 Å². The molecule has 0 amide bonds. The average molecular weight is 172 g/mol. The van der Waals surface area contributed by atoms with Crippen LogP contribution in [0.3, 0.4) is 0 Å². The van der Waals surface area contributed by atoms with Crippen molar-refractivity contribution in [3.8, 4) is 0 Å². The molecule has 0 spiro atoms. The van der Waals surface area contributed by atoms with Gasteiger partial charge in [0.1, 0.15) is 0 Å². The van der Waals surface area contributed by atoms with Crippen LogP contribution in [0.2, 0.25) is 0 Å². The van der Waals surface area contributed by atoms with Crippen LogP contribution in [0.25, 0.3) is 0 Å². The quantitative estimate of drug-likeness (QED) is 0.622. The largest absolute Gasteiger partial charge is 0.307 e. The molecule has 2 atom stereocenters. The lowest BCUT2D eigenvalue weighted by Crippen LogP contribution is -2.35. The van der Waals surface area contributed by atoms with Gasteiger partial charge in [-0.1, -0.05) is 6.92 Å². The molecule has 0 aliphatic carbocycles. The summed E-state index contributed by atoms with van der Waals surface area (Å²) in [6.45, 7) is 4.54. The third-order valence-corrected chi connectivity index (χ3v) is 2.70. The van der Waals surface area contributed by atoms with E-state index in [2.05, 4.69) is 51.8 Å². The molecule has 0 heterocycles. The second kappa shape index (κ2) is 5.55. The molecule has 0 saturated heterocycles. The fourth-order valence-corrected chi connectivity index (χ4v) is 1.35. The Bertz CT molecular complexity index is 110. The summed E-state index contributed by atoms with van der Waals surface area (Å²) in [5, 5.41) is 0. The van der Waals surface area contributed by atoms with Crippen molar-refractivity contribution in [2.45, 2.75) is 38.8 Å². The van der Waals surface area contributed by atoms with Gasteiger partial charge < -0.3 is 9.80 Å². The summed E-state index contributed by atoms with van der Waals surface area (Å²) < 4.78 is 0. The van der Waals surface area contributed by atoms with Crippen molar-refractivity contribution in [2.24, 2.45) is 0 Å². The zero-order chi connectivity index (χ0) is 9.72. The first kappa shape index (κ1) is 11.9. The van der Waals surface area contributed by atoms with Gasteiger partial charge in [-0.25, -0.2) is 0 Å². The van der Waals surface area contributed by atoms with Gasteiger partial charge >= 0.3 is 0 Å². The summed E-state index contributed by atoms with van der Waals surface area (Å²) >= 11 is 0. The Balaban J connectivity index is 3.85. The monoisotopic (exact) mass is 172 g/mol. The van der Waals surface area contributed by atoms with Crippen LogP contribution < -0.4 is 0 Å². The van der Waals surface area contributed by atoms with Gasteiger partial charge in [0.05, 0.1) is 0 Å². The van der Waals surface area contributed by atoms with E-state index in [4.69, 9.17) is 0 Å². The van der Waals surface area contributed by atoms with E-state index in [9.17, 15) is 0 Å². The molecule has 0 aromatic carbocycles. The van der Waals surface area contributed by atoms with E-state index in [0.29, 0.717) is 6.04 Å². The van der Waals surface area contributed by atoms with E-state index in [-0.39, 0.29) is 0 Å². The van der Waals surface area contributed by atoms with Crippen LogP contribution in [0, 0.1) is 0 Å². The van der Waals surface area contributed by atoms with Crippen molar-refractivity contribution in [1.82, 2.24) is 9.80 Å². The van der Waals surface area contributed by atoms with Crippen LogP contribution in [0.15, 0.2) is 0 Å². The maximum absolute atomic E-state index is 2.32. The lowest BCUT2D eigenvalue weighted by atomic mass is 10.0. The Morgan fingerprint density at radius 3 is 1.75 bits per heavy atom. The standard InChI is InChI=1S/C10H24N2/c1-7-10(12(5)6)8-9(2)11(3)4/h9-10H,7-8H2,1-6H3. The molecule has 0 aliphatic heterocycles. The Morgan fingerprint density at radius 1 is 1.00 bits per heavy atom. The van der Waals surface area contributed by atoms with Crippen molar-refractivity contribution in [3.05, 3.63) is 0 Å². The first-order valence-corrected chi connectivity index (χ1v) is 4.81. The molecular weight excluding hydrogens is 148 g/mol. The molecule has 0 bridgehead atoms. The average Bonchev–Trinajstić information content (AvgIpc) is 1.98. The fourth-order valence-electron chi connectivity index (χ4n) is 1.35. The highest BCUT2D eigenvalue weighted by molar-refractivity contribution is 4.71. The number of rotatable bonds is 5. The third kappa shape index (κ3) is 4.07. The van der Waals surface area contributed by atoms with Crippen molar-refractivity contribution >= 4 is 0 Å². The molecule has 74 valence electrons. The molecule has 0 rings (SSSR count). The smallest absolute Gasteiger partial charge is 0.0101 e. The van der Waals surface area contributed by atoms with Crippen LogP contribution in [-0.2, 0) is 0 Å². The van der Waals surface area contributed by atoms with Gasteiger partial charge in [-0.3, -0.25) is 0 Å². The van der Waals surface area contributed by atoms with Gasteiger partial charge in [-0.2, -0.15) is 0 Å². The molecule has 2 unspecified atom stereocenters. The lowest BCUT2D eigenvalue weighted by Gasteiger charge is -2.29. The summed E-state index contributed by atoms with van der Waals surface area (Å²) in [6.07, 6.45) is 2.50. The number of hydrogen-bond donors (Lipinski definition) is 0. The van der Waals surface area contributed by atoms with Crippen LogP contribution in [-0.4, -0.2) is 50.1 Å². The summed E-state index contributed by atoms with van der Waals surface area (Å²) in [5.74, 6) is 0. The molecule has 0 N–H and O–H groups in total. The second-order valence-corrected chi connectivity index (χ2v) is 4.07. The maximum Gasteiger partial charge on any atom is 0.0101 e. The molecule has 2 heteroatoms. The SMILES string of the molecule is CCC(CC(C)N(C)C)N(C)C. The third-order valence-electron chi connectivity index (χ3n) is 2.70. The normalized spacial score (nSPS) is 17.0. The first-order valence-electron chi connectivity index (χ1n) is 4.81. The lowest BCUT2D eigenvalue weighted by molar-refractivity contribution is 0.203. The van der Waals surface area contributed by atoms with Crippen LogP contribution in [0.5, 0.6) is 0 Å². The van der Waals surface area contributed by atoms with Gasteiger partial charge in [0.15, 0.2) is 0 Å². The number of nitrogens with zero attached hydrogens (tertiary/aromatic N) is 2. The van der Waals surface area contributed by atoms with Gasteiger partial charge in [0.25, 0.3) is 0 Å². The second-order valence-electron chi connectivity index (χ2n) is 4.07. The Morgan fingerprint density at radius 2 is 1.50 bits per heavy atom.